The van der Waals surface area contributed by atoms with E-state index in [1.807, 2.05) is 31.6 Å². The van der Waals surface area contributed by atoms with E-state index in [4.69, 9.17) is 0 Å². The van der Waals surface area contributed by atoms with Crippen LogP contribution in [0.1, 0.15) is 17.0 Å². The number of aryl methyl sites for hydroxylation is 2. The Morgan fingerprint density at radius 2 is 1.96 bits per heavy atom. The van der Waals surface area contributed by atoms with Gasteiger partial charge in [0.05, 0.1) is 22.1 Å². The first-order valence-electron chi connectivity index (χ1n) is 8.32. The van der Waals surface area contributed by atoms with Gasteiger partial charge in [-0.15, -0.1) is 11.3 Å². The summed E-state index contributed by atoms with van der Waals surface area (Å²) in [5.41, 5.74) is 7.71. The summed E-state index contributed by atoms with van der Waals surface area (Å²) >= 11 is 1.54. The van der Waals surface area contributed by atoms with E-state index in [1.54, 1.807) is 18.3 Å². The van der Waals surface area contributed by atoms with Crippen LogP contribution in [0.15, 0.2) is 41.8 Å². The second-order valence-corrected chi connectivity index (χ2v) is 7.18. The topological polar surface area (TPSA) is 68.0 Å². The molecule has 0 amide bonds. The second-order valence-electron chi connectivity index (χ2n) is 6.13. The molecule has 6 nitrogen and oxygen atoms in total. The number of hydrogen-bond acceptors (Lipinski definition) is 6. The zero-order valence-corrected chi connectivity index (χ0v) is 15.9. The summed E-state index contributed by atoms with van der Waals surface area (Å²) in [7, 11) is 1.91. The molecule has 0 aliphatic heterocycles. The number of hydrogen-bond donors (Lipinski definition) is 1. The van der Waals surface area contributed by atoms with E-state index >= 15 is 0 Å². The Balaban J connectivity index is 1.64. The Labute approximate surface area is 159 Å². The average Bonchev–Trinajstić information content (AvgIpc) is 3.19. The van der Waals surface area contributed by atoms with Gasteiger partial charge in [0.1, 0.15) is 12.1 Å². The van der Waals surface area contributed by atoms with Crippen molar-refractivity contribution >= 4 is 33.6 Å². The number of nitrogens with zero attached hydrogens (tertiary/aromatic N) is 5. The van der Waals surface area contributed by atoms with Gasteiger partial charge in [0.2, 0.25) is 0 Å². The Morgan fingerprint density at radius 1 is 1.19 bits per heavy atom. The Hall–Kier alpha value is -3.13. The molecule has 0 fully saturated rings. The van der Waals surface area contributed by atoms with Gasteiger partial charge >= 0.3 is 0 Å². The third-order valence-corrected chi connectivity index (χ3v) is 5.55. The van der Waals surface area contributed by atoms with E-state index in [-0.39, 0.29) is 5.82 Å². The van der Waals surface area contributed by atoms with Crippen molar-refractivity contribution in [3.05, 3.63) is 59.4 Å². The molecule has 0 aliphatic rings. The molecule has 0 bridgehead atoms. The van der Waals surface area contributed by atoms with Gasteiger partial charge in [0.15, 0.2) is 5.82 Å². The number of aromatic nitrogens is 4. The molecular weight excluding hydrogens is 363 g/mol. The van der Waals surface area contributed by atoms with Crippen molar-refractivity contribution in [1.82, 2.24) is 19.7 Å². The van der Waals surface area contributed by atoms with Gasteiger partial charge < -0.3 is 0 Å². The van der Waals surface area contributed by atoms with Crippen LogP contribution in [0.25, 0.3) is 20.7 Å². The van der Waals surface area contributed by atoms with Crippen LogP contribution in [0.2, 0.25) is 0 Å². The molecule has 1 aromatic carbocycles. The van der Waals surface area contributed by atoms with Crippen LogP contribution in [0.3, 0.4) is 0 Å². The van der Waals surface area contributed by atoms with Crippen molar-refractivity contribution in [1.29, 1.82) is 0 Å². The number of thiophene rings is 1. The summed E-state index contributed by atoms with van der Waals surface area (Å²) in [6.45, 7) is 3.95. The fourth-order valence-electron chi connectivity index (χ4n) is 2.83. The molecule has 8 heteroatoms. The standard InChI is InChI=1S/C19H17FN6S/c1-11-15(12(2)26(3)25-11)9-23-24-19-18-16(21-10-22-19)8-17(27-18)13-4-6-14(20)7-5-13/h4-10H,1-3H3,(H,21,22,24)/b23-9+. The fourth-order valence-corrected chi connectivity index (χ4v) is 3.88. The lowest BCUT2D eigenvalue weighted by molar-refractivity contribution is 0.628. The molecule has 3 aromatic heterocycles. The van der Waals surface area contributed by atoms with Gasteiger partial charge in [-0.05, 0) is 37.6 Å². The molecule has 0 atom stereocenters. The highest BCUT2D eigenvalue weighted by Gasteiger charge is 2.11. The zero-order valence-electron chi connectivity index (χ0n) is 15.1. The summed E-state index contributed by atoms with van der Waals surface area (Å²) in [6.07, 6.45) is 3.25. The van der Waals surface area contributed by atoms with Gasteiger partial charge in [-0.1, -0.05) is 12.1 Å². The number of nitrogens with one attached hydrogen (secondary N) is 1. The van der Waals surface area contributed by atoms with E-state index in [1.165, 1.54) is 29.8 Å². The highest BCUT2D eigenvalue weighted by atomic mass is 32.1. The normalized spacial score (nSPS) is 11.6. The molecule has 0 saturated carbocycles. The summed E-state index contributed by atoms with van der Waals surface area (Å²) in [5.74, 6) is 0.381. The van der Waals surface area contributed by atoms with Crippen LogP contribution in [-0.2, 0) is 7.05 Å². The van der Waals surface area contributed by atoms with Crippen LogP contribution in [-0.4, -0.2) is 26.0 Å². The Bertz CT molecular complexity index is 1140. The average molecular weight is 380 g/mol. The maximum atomic E-state index is 13.2. The lowest BCUT2D eigenvalue weighted by atomic mass is 10.2. The van der Waals surface area contributed by atoms with Gasteiger partial charge in [0.25, 0.3) is 0 Å². The van der Waals surface area contributed by atoms with E-state index in [0.717, 1.165) is 37.6 Å². The summed E-state index contributed by atoms with van der Waals surface area (Å²) in [6, 6.07) is 8.39. The molecule has 0 spiro atoms. The highest BCUT2D eigenvalue weighted by molar-refractivity contribution is 7.22. The molecule has 4 aromatic rings. The first-order chi connectivity index (χ1) is 13.0. The predicted molar refractivity (Wildman–Crippen MR) is 107 cm³/mol. The first kappa shape index (κ1) is 17.3. The van der Waals surface area contributed by atoms with E-state index in [0.29, 0.717) is 5.82 Å². The van der Waals surface area contributed by atoms with E-state index < -0.39 is 0 Å². The minimum absolute atomic E-state index is 0.252. The first-order valence-corrected chi connectivity index (χ1v) is 9.14. The lowest BCUT2D eigenvalue weighted by Crippen LogP contribution is -1.96. The van der Waals surface area contributed by atoms with Crippen LogP contribution in [0, 0.1) is 19.7 Å². The summed E-state index contributed by atoms with van der Waals surface area (Å²) in [5, 5.41) is 8.71. The van der Waals surface area contributed by atoms with Crippen LogP contribution < -0.4 is 5.43 Å². The van der Waals surface area contributed by atoms with Crippen LogP contribution >= 0.6 is 11.3 Å². The number of hydrazone groups is 1. The Morgan fingerprint density at radius 3 is 2.67 bits per heavy atom. The number of benzene rings is 1. The third-order valence-electron chi connectivity index (χ3n) is 4.37. The number of anilines is 1. The fraction of sp³-hybridized carbons (Fsp3) is 0.158. The zero-order chi connectivity index (χ0) is 19.0. The minimum atomic E-state index is -0.252. The Kier molecular flexibility index (Phi) is 4.41. The van der Waals surface area contributed by atoms with Crippen molar-refractivity contribution in [2.24, 2.45) is 12.1 Å². The minimum Gasteiger partial charge on any atom is -0.272 e. The molecule has 0 aliphatic carbocycles. The highest BCUT2D eigenvalue weighted by Crippen LogP contribution is 2.35. The van der Waals surface area contributed by atoms with E-state index in [9.17, 15) is 4.39 Å². The largest absolute Gasteiger partial charge is 0.272 e. The van der Waals surface area contributed by atoms with Gasteiger partial charge in [-0.2, -0.15) is 10.2 Å². The second kappa shape index (κ2) is 6.88. The molecule has 27 heavy (non-hydrogen) atoms. The van der Waals surface area contributed by atoms with Crippen LogP contribution in [0.5, 0.6) is 0 Å². The molecular formula is C19H17FN6S. The quantitative estimate of drug-likeness (QED) is 0.423. The molecule has 3 heterocycles. The number of rotatable bonds is 4. The molecule has 1 N–H and O–H groups in total. The number of halogens is 1. The lowest BCUT2D eigenvalue weighted by Gasteiger charge is -2.00. The molecule has 0 radical (unpaired) electrons. The molecule has 0 saturated heterocycles. The molecule has 0 unspecified atom stereocenters. The summed E-state index contributed by atoms with van der Waals surface area (Å²) < 4.78 is 15.9. The maximum absolute atomic E-state index is 13.2. The monoisotopic (exact) mass is 380 g/mol. The van der Waals surface area contributed by atoms with Crippen molar-refractivity contribution < 1.29 is 4.39 Å². The van der Waals surface area contributed by atoms with E-state index in [2.05, 4.69) is 25.6 Å². The SMILES string of the molecule is Cc1nn(C)c(C)c1/C=N/Nc1ncnc2cc(-c3ccc(F)cc3)sc12. The van der Waals surface area contributed by atoms with Crippen molar-refractivity contribution in [3.8, 4) is 10.4 Å². The van der Waals surface area contributed by atoms with Gasteiger partial charge in [-0.3, -0.25) is 10.1 Å². The maximum Gasteiger partial charge on any atom is 0.167 e. The molecule has 136 valence electrons. The van der Waals surface area contributed by atoms with Crippen molar-refractivity contribution in [2.75, 3.05) is 5.43 Å². The summed E-state index contributed by atoms with van der Waals surface area (Å²) in [4.78, 5) is 9.62. The number of fused-ring (bicyclic) bond motifs is 1. The van der Waals surface area contributed by atoms with Gasteiger partial charge in [-0.25, -0.2) is 14.4 Å². The predicted octanol–water partition coefficient (Wildman–Crippen LogP) is 4.29. The van der Waals surface area contributed by atoms with Gasteiger partial charge in [0, 0.05) is 23.2 Å². The smallest absolute Gasteiger partial charge is 0.167 e. The van der Waals surface area contributed by atoms with Crippen LogP contribution in [0.4, 0.5) is 10.2 Å². The third kappa shape index (κ3) is 3.31. The van der Waals surface area contributed by atoms with Crippen molar-refractivity contribution in [3.63, 3.8) is 0 Å². The molecule has 4 rings (SSSR count). The van der Waals surface area contributed by atoms with Crippen molar-refractivity contribution in [2.45, 2.75) is 13.8 Å².